The molecule has 162 valence electrons. The summed E-state index contributed by atoms with van der Waals surface area (Å²) in [5, 5.41) is 8.71. The van der Waals surface area contributed by atoms with Crippen molar-refractivity contribution in [3.8, 4) is 16.3 Å². The Hall–Kier alpha value is -2.49. The predicted molar refractivity (Wildman–Crippen MR) is 124 cm³/mol. The van der Waals surface area contributed by atoms with Crippen molar-refractivity contribution in [3.05, 3.63) is 34.8 Å². The van der Waals surface area contributed by atoms with Crippen molar-refractivity contribution in [2.24, 2.45) is 21.7 Å². The van der Waals surface area contributed by atoms with Crippen LogP contribution in [-0.2, 0) is 0 Å². The largest absolute Gasteiger partial charge is 0.494 e. The second-order valence-electron chi connectivity index (χ2n) is 7.52. The van der Waals surface area contributed by atoms with Crippen molar-refractivity contribution in [1.82, 2.24) is 14.8 Å². The van der Waals surface area contributed by atoms with E-state index < -0.39 is 0 Å². The third-order valence-corrected chi connectivity index (χ3v) is 6.34. The Morgan fingerprint density at radius 3 is 2.50 bits per heavy atom. The normalized spacial score (nSPS) is 15.9. The Bertz CT molecular complexity index is 879. The summed E-state index contributed by atoms with van der Waals surface area (Å²) >= 11 is 1.57. The van der Waals surface area contributed by atoms with E-state index in [0.717, 1.165) is 78.4 Å². The molecule has 8 nitrogen and oxygen atoms in total. The minimum Gasteiger partial charge on any atom is -0.494 e. The number of guanidine groups is 1. The first kappa shape index (κ1) is 22.2. The molecule has 1 aliphatic heterocycles. The molecule has 2 heterocycles. The molecule has 30 heavy (non-hydrogen) atoms. The Morgan fingerprint density at radius 2 is 1.83 bits per heavy atom. The number of nitrogens with zero attached hydrogens (tertiary/aromatic N) is 5. The fourth-order valence-electron chi connectivity index (χ4n) is 3.28. The number of nitrogens with two attached hydrogens (primary N) is 2. The molecule has 0 amide bonds. The van der Waals surface area contributed by atoms with Crippen molar-refractivity contribution in [2.75, 3.05) is 46.4 Å². The van der Waals surface area contributed by atoms with Crippen LogP contribution in [0.15, 0.2) is 34.5 Å². The minimum absolute atomic E-state index is 0.0594. The first-order valence-corrected chi connectivity index (χ1v) is 11.0. The molecule has 4 N–H and O–H groups in total. The molecule has 0 radical (unpaired) electrons. The molecule has 1 aromatic heterocycles. The van der Waals surface area contributed by atoms with E-state index in [1.165, 1.54) is 0 Å². The SMILES string of the molecule is C/C(=N\N=C(N)N)c1sc(-c2ccc(OCCCN3CCN(C)CC3)cc2)nc1C. The summed E-state index contributed by atoms with van der Waals surface area (Å²) in [6.45, 7) is 10.3. The molecule has 0 bridgehead atoms. The fraction of sp³-hybridized carbons (Fsp3) is 0.476. The number of ether oxygens (including phenoxy) is 1. The van der Waals surface area contributed by atoms with Crippen molar-refractivity contribution >= 4 is 23.0 Å². The van der Waals surface area contributed by atoms with Gasteiger partial charge in [0, 0.05) is 38.3 Å². The topological polar surface area (TPSA) is 105 Å². The van der Waals surface area contributed by atoms with E-state index in [1.54, 1.807) is 11.3 Å². The highest BCUT2D eigenvalue weighted by Crippen LogP contribution is 2.29. The molecule has 9 heteroatoms. The smallest absolute Gasteiger partial charge is 0.211 e. The van der Waals surface area contributed by atoms with Gasteiger partial charge >= 0.3 is 0 Å². The molecule has 0 spiro atoms. The van der Waals surface area contributed by atoms with Crippen LogP contribution in [0.25, 0.3) is 10.6 Å². The number of aryl methyl sites for hydroxylation is 1. The maximum Gasteiger partial charge on any atom is 0.211 e. The Kier molecular flexibility index (Phi) is 7.78. The Balaban J connectivity index is 1.52. The van der Waals surface area contributed by atoms with E-state index in [4.69, 9.17) is 16.2 Å². The van der Waals surface area contributed by atoms with Gasteiger partial charge in [-0.1, -0.05) is 0 Å². The number of piperazine rings is 1. The van der Waals surface area contributed by atoms with E-state index in [-0.39, 0.29) is 5.96 Å². The van der Waals surface area contributed by atoms with Gasteiger partial charge in [0.1, 0.15) is 10.8 Å². The molecule has 1 saturated heterocycles. The third-order valence-electron chi connectivity index (χ3n) is 5.03. The molecule has 1 aromatic carbocycles. The molecule has 2 aromatic rings. The monoisotopic (exact) mass is 429 g/mol. The maximum absolute atomic E-state index is 5.92. The highest BCUT2D eigenvalue weighted by Gasteiger charge is 2.14. The van der Waals surface area contributed by atoms with Crippen LogP contribution in [0.2, 0.25) is 0 Å². The standard InChI is InChI=1S/C21H31N7OS/c1-15-19(16(2)25-26-21(22)23)30-20(24-15)17-5-7-18(8-6-17)29-14-4-9-28-12-10-27(3)11-13-28/h5-8H,4,9-14H2,1-3H3,(H4,22,23,26)/b25-16+. The van der Waals surface area contributed by atoms with Crippen molar-refractivity contribution < 1.29 is 4.74 Å². The van der Waals surface area contributed by atoms with Gasteiger partial charge in [-0.05, 0) is 51.6 Å². The molecule has 1 aliphatic rings. The summed E-state index contributed by atoms with van der Waals surface area (Å²) in [6, 6.07) is 8.09. The maximum atomic E-state index is 5.92. The second-order valence-corrected chi connectivity index (χ2v) is 8.51. The van der Waals surface area contributed by atoms with Gasteiger partial charge in [-0.2, -0.15) is 5.10 Å². The van der Waals surface area contributed by atoms with Gasteiger partial charge in [0.05, 0.1) is 22.9 Å². The summed E-state index contributed by atoms with van der Waals surface area (Å²) in [5.74, 6) is 0.826. The van der Waals surface area contributed by atoms with Gasteiger partial charge in [-0.15, -0.1) is 16.4 Å². The Morgan fingerprint density at radius 1 is 1.13 bits per heavy atom. The average Bonchev–Trinajstić information content (AvgIpc) is 3.13. The molecule has 1 fully saturated rings. The summed E-state index contributed by atoms with van der Waals surface area (Å²) in [6.07, 6.45) is 1.04. The van der Waals surface area contributed by atoms with Crippen LogP contribution in [0.5, 0.6) is 5.75 Å². The van der Waals surface area contributed by atoms with E-state index >= 15 is 0 Å². The van der Waals surface area contributed by atoms with Gasteiger partial charge in [0.15, 0.2) is 0 Å². The minimum atomic E-state index is -0.0594. The van der Waals surface area contributed by atoms with Crippen molar-refractivity contribution in [2.45, 2.75) is 20.3 Å². The molecule has 0 saturated carbocycles. The van der Waals surface area contributed by atoms with E-state index in [9.17, 15) is 0 Å². The summed E-state index contributed by atoms with van der Waals surface area (Å²) in [5.41, 5.74) is 13.4. The first-order valence-electron chi connectivity index (χ1n) is 10.2. The van der Waals surface area contributed by atoms with E-state index in [2.05, 4.69) is 32.0 Å². The zero-order valence-corrected chi connectivity index (χ0v) is 18.8. The second kappa shape index (κ2) is 10.5. The Labute approximate surface area is 182 Å². The quantitative estimate of drug-likeness (QED) is 0.288. The zero-order valence-electron chi connectivity index (χ0n) is 18.0. The van der Waals surface area contributed by atoms with E-state index in [0.29, 0.717) is 0 Å². The third kappa shape index (κ3) is 6.25. The van der Waals surface area contributed by atoms with Crippen LogP contribution in [0.4, 0.5) is 0 Å². The highest BCUT2D eigenvalue weighted by molar-refractivity contribution is 7.17. The lowest BCUT2D eigenvalue weighted by Gasteiger charge is -2.32. The van der Waals surface area contributed by atoms with Gasteiger partial charge < -0.3 is 26.0 Å². The first-order chi connectivity index (χ1) is 14.4. The lowest BCUT2D eigenvalue weighted by molar-refractivity contribution is 0.145. The number of hydrogen-bond acceptors (Lipinski definition) is 7. The summed E-state index contributed by atoms with van der Waals surface area (Å²) < 4.78 is 5.92. The fourth-order valence-corrected chi connectivity index (χ4v) is 4.29. The number of likely N-dealkylation sites (N-methyl/N-ethyl adjacent to an activating group) is 1. The van der Waals surface area contributed by atoms with Crippen LogP contribution in [-0.4, -0.2) is 72.8 Å². The summed E-state index contributed by atoms with van der Waals surface area (Å²) in [4.78, 5) is 10.5. The zero-order chi connectivity index (χ0) is 21.5. The number of aromatic nitrogens is 1. The molecule has 0 atom stereocenters. The lowest BCUT2D eigenvalue weighted by atomic mass is 10.2. The number of hydrogen-bond donors (Lipinski definition) is 2. The van der Waals surface area contributed by atoms with Gasteiger partial charge in [-0.25, -0.2) is 4.98 Å². The molecule has 3 rings (SSSR count). The molecule has 0 unspecified atom stereocenters. The van der Waals surface area contributed by atoms with Gasteiger partial charge in [0.2, 0.25) is 5.96 Å². The van der Waals surface area contributed by atoms with Crippen LogP contribution < -0.4 is 16.2 Å². The average molecular weight is 430 g/mol. The van der Waals surface area contributed by atoms with Crippen molar-refractivity contribution in [1.29, 1.82) is 0 Å². The van der Waals surface area contributed by atoms with Gasteiger partial charge in [0.25, 0.3) is 0 Å². The van der Waals surface area contributed by atoms with Crippen LogP contribution >= 0.6 is 11.3 Å². The lowest BCUT2D eigenvalue weighted by Crippen LogP contribution is -2.44. The number of thiazole rings is 1. The van der Waals surface area contributed by atoms with Crippen molar-refractivity contribution in [3.63, 3.8) is 0 Å². The molecule has 0 aliphatic carbocycles. The van der Waals surface area contributed by atoms with E-state index in [1.807, 2.05) is 38.1 Å². The number of rotatable bonds is 8. The number of benzene rings is 1. The van der Waals surface area contributed by atoms with Crippen LogP contribution in [0, 0.1) is 6.92 Å². The van der Waals surface area contributed by atoms with Crippen LogP contribution in [0.3, 0.4) is 0 Å². The molecular weight excluding hydrogens is 398 g/mol. The molecular formula is C21H31N7OS. The van der Waals surface area contributed by atoms with Crippen LogP contribution in [0.1, 0.15) is 23.9 Å². The predicted octanol–water partition coefficient (Wildman–Crippen LogP) is 2.13. The summed E-state index contributed by atoms with van der Waals surface area (Å²) in [7, 11) is 2.18. The highest BCUT2D eigenvalue weighted by atomic mass is 32.1. The van der Waals surface area contributed by atoms with Gasteiger partial charge in [-0.3, -0.25) is 0 Å².